The summed E-state index contributed by atoms with van der Waals surface area (Å²) in [6.45, 7) is 8.89. The number of rotatable bonds is 12. The van der Waals surface area contributed by atoms with E-state index in [1.54, 1.807) is 0 Å². The molecule has 0 aromatic heterocycles. The largest absolute Gasteiger partial charge is 0.341 e. The molecule has 0 saturated heterocycles. The molecule has 0 rings (SSSR count). The van der Waals surface area contributed by atoms with Crippen LogP contribution in [0.3, 0.4) is 0 Å². The molecule has 2 nitrogen and oxygen atoms in total. The molecular weight excluding hydrogens is 385 g/mol. The van der Waals surface area contributed by atoms with Crippen molar-refractivity contribution in [1.82, 2.24) is 0 Å². The van der Waals surface area contributed by atoms with E-state index >= 15 is 0 Å². The van der Waals surface area contributed by atoms with Crippen LogP contribution in [0.2, 0.25) is 0 Å². The van der Waals surface area contributed by atoms with Crippen LogP contribution in [0, 0.1) is 11.8 Å². The molecule has 0 aliphatic carbocycles. The minimum Gasteiger partial charge on any atom is -0.341 e. The quantitative estimate of drug-likeness (QED) is 0.217. The van der Waals surface area contributed by atoms with Gasteiger partial charge in [-0.3, -0.25) is 0 Å². The Morgan fingerprint density at radius 1 is 0.864 bits per heavy atom. The third-order valence-electron chi connectivity index (χ3n) is 4.29. The summed E-state index contributed by atoms with van der Waals surface area (Å²) in [5.74, 6) is 3.18. The van der Waals surface area contributed by atoms with E-state index < -0.39 is 5.69 Å². The summed E-state index contributed by atoms with van der Waals surface area (Å²) >= 11 is 4.19. The Labute approximate surface area is 159 Å². The maximum atomic E-state index is 10.2. The molecule has 0 bridgehead atoms. The molecule has 2 N–H and O–H groups in total. The molecule has 6 heteroatoms. The SMILES string of the molecule is CCCCC(CC)CS(CC(CC)CCCC)=P(O)(O)S.[Zn]. The molecule has 0 aliphatic rings. The maximum Gasteiger partial charge on any atom is 0.198 e. The summed E-state index contributed by atoms with van der Waals surface area (Å²) in [5.41, 5.74) is -3.00. The van der Waals surface area contributed by atoms with E-state index in [-0.39, 0.29) is 29.6 Å². The predicted octanol–water partition coefficient (Wildman–Crippen LogP) is 5.63. The van der Waals surface area contributed by atoms with Crippen LogP contribution in [0.4, 0.5) is 0 Å². The summed E-state index contributed by atoms with van der Waals surface area (Å²) in [6.07, 6.45) is 9.66. The Morgan fingerprint density at radius 3 is 1.45 bits per heavy atom. The molecule has 0 aliphatic heterocycles. The third-order valence-corrected chi connectivity index (χ3v) is 11.7. The molecule has 0 spiro atoms. The first-order valence-electron chi connectivity index (χ1n) is 8.64. The molecule has 22 heavy (non-hydrogen) atoms. The molecule has 0 aromatic carbocycles. The maximum absolute atomic E-state index is 10.2. The van der Waals surface area contributed by atoms with Crippen LogP contribution in [0.5, 0.6) is 0 Å². The fourth-order valence-corrected chi connectivity index (χ4v) is 8.70. The Hall–Kier alpha value is 1.67. The topological polar surface area (TPSA) is 40.5 Å². The zero-order chi connectivity index (χ0) is 16.3. The van der Waals surface area contributed by atoms with Crippen molar-refractivity contribution in [3.8, 4) is 0 Å². The van der Waals surface area contributed by atoms with Gasteiger partial charge in [-0.25, -0.2) is 0 Å². The van der Waals surface area contributed by atoms with Gasteiger partial charge in [0.1, 0.15) is 0 Å². The predicted molar refractivity (Wildman–Crippen MR) is 104 cm³/mol. The molecule has 2 unspecified atom stereocenters. The van der Waals surface area contributed by atoms with E-state index in [0.717, 1.165) is 24.3 Å². The van der Waals surface area contributed by atoms with Crippen molar-refractivity contribution in [1.29, 1.82) is 0 Å². The molecular formula is C16H37O2PS2Zn. The van der Waals surface area contributed by atoms with Crippen molar-refractivity contribution in [2.75, 3.05) is 11.5 Å². The van der Waals surface area contributed by atoms with Crippen LogP contribution in [0.25, 0.3) is 0 Å². The molecule has 2 atom stereocenters. The van der Waals surface area contributed by atoms with E-state index in [1.807, 2.05) is 0 Å². The van der Waals surface area contributed by atoms with Crippen molar-refractivity contribution in [3.05, 3.63) is 0 Å². The van der Waals surface area contributed by atoms with Gasteiger partial charge in [-0.15, -0.1) is 10.1 Å². The molecule has 132 valence electrons. The first-order chi connectivity index (χ1) is 9.88. The van der Waals surface area contributed by atoms with Gasteiger partial charge < -0.3 is 9.79 Å². The number of hydrogen-bond acceptors (Lipinski definition) is 0. The minimum absolute atomic E-state index is 0. The van der Waals surface area contributed by atoms with Crippen LogP contribution >= 0.6 is 17.9 Å². The standard InChI is InChI=1S/C16H37O2PS2.Zn/c1-5-9-11-15(7-3)13-21(19(17,18)20)14-16(8-4)12-10-6-2;/h15-18,20H,5-14H2,1-4H3;. The van der Waals surface area contributed by atoms with E-state index in [4.69, 9.17) is 0 Å². The van der Waals surface area contributed by atoms with E-state index in [9.17, 15) is 9.79 Å². The Balaban J connectivity index is 0. The summed E-state index contributed by atoms with van der Waals surface area (Å²) < 4.78 is 0. The fraction of sp³-hybridized carbons (Fsp3) is 1.00. The average Bonchev–Trinajstić information content (AvgIpc) is 2.44. The Morgan fingerprint density at radius 2 is 1.23 bits per heavy atom. The second-order valence-electron chi connectivity index (χ2n) is 6.14. The van der Waals surface area contributed by atoms with Gasteiger partial charge in [-0.2, -0.15) is 0 Å². The molecule has 0 radical (unpaired) electrons. The van der Waals surface area contributed by atoms with Crippen LogP contribution in [0.1, 0.15) is 79.1 Å². The van der Waals surface area contributed by atoms with Crippen LogP contribution < -0.4 is 0 Å². The van der Waals surface area contributed by atoms with Gasteiger partial charge in [0, 0.05) is 19.5 Å². The van der Waals surface area contributed by atoms with Crippen LogP contribution in [-0.2, 0) is 29.6 Å². The van der Waals surface area contributed by atoms with Gasteiger partial charge >= 0.3 is 0 Å². The first-order valence-corrected chi connectivity index (χ1v) is 13.7. The van der Waals surface area contributed by atoms with Crippen molar-refractivity contribution in [2.24, 2.45) is 11.8 Å². The number of unbranched alkanes of at least 4 members (excludes halogenated alkanes) is 2. The van der Waals surface area contributed by atoms with Crippen molar-refractivity contribution in [2.45, 2.75) is 79.1 Å². The minimum atomic E-state index is -3.00. The van der Waals surface area contributed by atoms with Gasteiger partial charge in [0.05, 0.1) is 0 Å². The van der Waals surface area contributed by atoms with Crippen LogP contribution in [-0.4, -0.2) is 21.3 Å². The first kappa shape index (κ1) is 25.9. The smallest absolute Gasteiger partial charge is 0.198 e. The van der Waals surface area contributed by atoms with Crippen LogP contribution in [0.15, 0.2) is 0 Å². The van der Waals surface area contributed by atoms with E-state index in [2.05, 4.69) is 39.9 Å². The van der Waals surface area contributed by atoms with Gasteiger partial charge in [-0.1, -0.05) is 78.5 Å². The third kappa shape index (κ3) is 12.1. The zero-order valence-electron chi connectivity index (χ0n) is 15.1. The van der Waals surface area contributed by atoms with Gasteiger partial charge in [0.25, 0.3) is 0 Å². The molecule has 0 amide bonds. The average molecular weight is 422 g/mol. The van der Waals surface area contributed by atoms with Gasteiger partial charge in [0.2, 0.25) is 0 Å². The summed E-state index contributed by atoms with van der Waals surface area (Å²) in [6, 6.07) is 0. The second-order valence-corrected chi connectivity index (χ2v) is 14.3. The summed E-state index contributed by atoms with van der Waals surface area (Å²) in [4.78, 5) is 20.3. The van der Waals surface area contributed by atoms with Gasteiger partial charge in [-0.05, 0) is 36.2 Å². The molecule has 0 heterocycles. The number of thiol groups is 1. The van der Waals surface area contributed by atoms with Crippen molar-refractivity contribution < 1.29 is 29.3 Å². The van der Waals surface area contributed by atoms with E-state index in [0.29, 0.717) is 11.8 Å². The zero-order valence-corrected chi connectivity index (χ0v) is 20.7. The summed E-state index contributed by atoms with van der Waals surface area (Å²) in [7, 11) is -0.322. The Bertz CT molecular complexity index is 293. The normalized spacial score (nSPS) is 16.0. The monoisotopic (exact) mass is 420 g/mol. The van der Waals surface area contributed by atoms with Crippen molar-refractivity contribution >= 4 is 28.0 Å². The second kappa shape index (κ2) is 15.0. The summed E-state index contributed by atoms with van der Waals surface area (Å²) in [5, 5.41) is 0. The fourth-order valence-electron chi connectivity index (χ4n) is 2.61. The van der Waals surface area contributed by atoms with E-state index in [1.165, 1.54) is 38.5 Å². The van der Waals surface area contributed by atoms with Gasteiger partial charge in [0.15, 0.2) is 5.69 Å². The molecule has 0 fully saturated rings. The Kier molecular flexibility index (Phi) is 17.6. The molecule has 0 aromatic rings. The van der Waals surface area contributed by atoms with Crippen molar-refractivity contribution in [3.63, 3.8) is 0 Å². The molecule has 0 saturated carbocycles. The number of hydrogen-bond donors (Lipinski definition) is 3.